The maximum atomic E-state index is 6.62. The average Bonchev–Trinajstić information content (AvgIpc) is 3.14. The van der Waals surface area contributed by atoms with Gasteiger partial charge in [-0.25, -0.2) is 9.97 Å². The van der Waals surface area contributed by atoms with E-state index in [1.165, 1.54) is 12.0 Å². The van der Waals surface area contributed by atoms with Crippen LogP contribution in [-0.4, -0.2) is 14.5 Å². The number of imidazole rings is 1. The Morgan fingerprint density at radius 1 is 1.00 bits per heavy atom. The smallest absolute Gasteiger partial charge is 0.154 e. The molecule has 0 unspecified atom stereocenters. The molecular formula is C30H31N5. The van der Waals surface area contributed by atoms with Crippen molar-refractivity contribution in [2.24, 2.45) is 11.1 Å². The van der Waals surface area contributed by atoms with Crippen LogP contribution in [0.4, 0.5) is 11.5 Å². The number of para-hydroxylation sites is 1. The van der Waals surface area contributed by atoms with Gasteiger partial charge in [0.2, 0.25) is 0 Å². The van der Waals surface area contributed by atoms with E-state index < -0.39 is 0 Å². The zero-order chi connectivity index (χ0) is 24.2. The first kappa shape index (κ1) is 21.8. The second kappa shape index (κ2) is 7.92. The third-order valence-electron chi connectivity index (χ3n) is 7.07. The Hall–Kier alpha value is -3.70. The molecule has 0 atom stereocenters. The minimum absolute atomic E-state index is 0.0389. The van der Waals surface area contributed by atoms with Crippen molar-refractivity contribution in [3.8, 4) is 28.3 Å². The van der Waals surface area contributed by atoms with E-state index in [0.717, 1.165) is 58.4 Å². The van der Waals surface area contributed by atoms with Crippen molar-refractivity contribution in [1.82, 2.24) is 14.5 Å². The first-order valence-corrected chi connectivity index (χ1v) is 12.4. The molecular weight excluding hydrogens is 430 g/mol. The molecule has 5 nitrogen and oxygen atoms in total. The molecule has 0 bridgehead atoms. The summed E-state index contributed by atoms with van der Waals surface area (Å²) in [6.45, 7) is 6.62. The van der Waals surface area contributed by atoms with Crippen molar-refractivity contribution in [2.45, 2.75) is 45.6 Å². The quantitative estimate of drug-likeness (QED) is 0.302. The van der Waals surface area contributed by atoms with Crippen LogP contribution in [0.2, 0.25) is 0 Å². The molecule has 2 aliphatic rings. The summed E-state index contributed by atoms with van der Waals surface area (Å²) >= 11 is 0. The van der Waals surface area contributed by atoms with Crippen LogP contribution in [0.25, 0.3) is 34.4 Å². The van der Waals surface area contributed by atoms with E-state index in [2.05, 4.69) is 96.3 Å². The van der Waals surface area contributed by atoms with E-state index in [4.69, 9.17) is 10.7 Å². The topological polar surface area (TPSA) is 68.8 Å². The van der Waals surface area contributed by atoms with Crippen molar-refractivity contribution < 1.29 is 0 Å². The number of hydrogen-bond acceptors (Lipinski definition) is 4. The Balaban J connectivity index is 1.62. The summed E-state index contributed by atoms with van der Waals surface area (Å²) in [5.41, 5.74) is 13.8. The van der Waals surface area contributed by atoms with E-state index >= 15 is 0 Å². The number of hydrogen-bond donors (Lipinski definition) is 2. The minimum Gasteiger partial charge on any atom is -0.338 e. The number of pyridine rings is 1. The van der Waals surface area contributed by atoms with Crippen LogP contribution in [0.1, 0.15) is 51.3 Å². The molecule has 2 aromatic heterocycles. The molecule has 176 valence electrons. The van der Waals surface area contributed by atoms with Crippen LogP contribution in [0.5, 0.6) is 0 Å². The second-order valence-corrected chi connectivity index (χ2v) is 10.8. The average molecular weight is 462 g/mol. The highest BCUT2D eigenvalue weighted by atomic mass is 15.2. The van der Waals surface area contributed by atoms with Crippen LogP contribution >= 0.6 is 0 Å². The first-order chi connectivity index (χ1) is 16.8. The fourth-order valence-electron chi connectivity index (χ4n) is 4.97. The fourth-order valence-corrected chi connectivity index (χ4v) is 4.97. The molecule has 3 N–H and O–H groups in total. The number of allylic oxidation sites excluding steroid dienone is 1. The number of rotatable bonds is 3. The van der Waals surface area contributed by atoms with E-state index in [1.54, 1.807) is 0 Å². The zero-order valence-corrected chi connectivity index (χ0v) is 20.5. The molecule has 3 heterocycles. The summed E-state index contributed by atoms with van der Waals surface area (Å²) in [6.07, 6.45) is 9.51. The third-order valence-corrected chi connectivity index (χ3v) is 7.07. The molecule has 0 saturated heterocycles. The highest BCUT2D eigenvalue weighted by molar-refractivity contribution is 5.88. The lowest BCUT2D eigenvalue weighted by Gasteiger charge is -2.38. The van der Waals surface area contributed by atoms with Crippen LogP contribution < -0.4 is 11.1 Å². The van der Waals surface area contributed by atoms with Gasteiger partial charge in [-0.15, -0.1) is 0 Å². The summed E-state index contributed by atoms with van der Waals surface area (Å²) in [7, 11) is 0. The lowest BCUT2D eigenvalue weighted by atomic mass is 9.72. The van der Waals surface area contributed by atoms with Gasteiger partial charge in [-0.3, -0.25) is 4.57 Å². The van der Waals surface area contributed by atoms with E-state index in [9.17, 15) is 0 Å². The van der Waals surface area contributed by atoms with Crippen LogP contribution in [0, 0.1) is 5.41 Å². The molecule has 1 aliphatic carbocycles. The summed E-state index contributed by atoms with van der Waals surface area (Å²) in [5.74, 6) is 1.72. The Bertz CT molecular complexity index is 1430. The maximum Gasteiger partial charge on any atom is 0.154 e. The van der Waals surface area contributed by atoms with E-state index in [0.29, 0.717) is 0 Å². The van der Waals surface area contributed by atoms with Crippen molar-refractivity contribution in [2.75, 3.05) is 5.32 Å². The number of nitrogens with one attached hydrogen (secondary N) is 1. The van der Waals surface area contributed by atoms with Crippen LogP contribution in [0.3, 0.4) is 0 Å². The number of nitrogens with two attached hydrogens (primary N) is 1. The Kier molecular flexibility index (Phi) is 4.94. The summed E-state index contributed by atoms with van der Waals surface area (Å²) < 4.78 is 2.25. The monoisotopic (exact) mass is 461 g/mol. The van der Waals surface area contributed by atoms with Crippen molar-refractivity contribution in [3.05, 3.63) is 84.2 Å². The summed E-state index contributed by atoms with van der Waals surface area (Å²) in [4.78, 5) is 9.89. The molecule has 4 aromatic rings. The molecule has 6 rings (SSSR count). The Morgan fingerprint density at radius 2 is 1.77 bits per heavy atom. The maximum absolute atomic E-state index is 6.62. The first-order valence-electron chi connectivity index (χ1n) is 12.4. The number of aromatic nitrogens is 3. The lowest BCUT2D eigenvalue weighted by molar-refractivity contribution is 0.253. The van der Waals surface area contributed by atoms with Crippen molar-refractivity contribution in [1.29, 1.82) is 0 Å². The lowest BCUT2D eigenvalue weighted by Crippen LogP contribution is -2.43. The number of nitrogens with zero attached hydrogens (tertiary/aromatic N) is 3. The summed E-state index contributed by atoms with van der Waals surface area (Å²) in [6, 6.07) is 21.2. The van der Waals surface area contributed by atoms with Gasteiger partial charge in [0.1, 0.15) is 5.82 Å². The SMILES string of the molecule is CC(C)(C)/C=C/c1nc2n(c1-c1ccc(C3(N)CCC3)cc1)-c1cccnc1Nc1ccccc1-2. The molecule has 0 amide bonds. The van der Waals surface area contributed by atoms with E-state index in [-0.39, 0.29) is 11.0 Å². The standard InChI is InChI=1S/C30H31N5/c1-29(2,3)18-15-24-26(20-11-13-21(14-12-20)30(31)16-7-17-30)35-25-10-6-19-32-27(25)33-23-9-5-4-8-22(23)28(35)34-24/h4-6,8-15,18-19H,7,16-17,31H2,1-3H3,(H,32,33)/b18-15+. The zero-order valence-electron chi connectivity index (χ0n) is 20.5. The molecule has 1 aliphatic heterocycles. The van der Waals surface area contributed by atoms with Gasteiger partial charge in [0, 0.05) is 22.9 Å². The molecule has 1 fully saturated rings. The Labute approximate surface area is 206 Å². The Morgan fingerprint density at radius 3 is 2.49 bits per heavy atom. The van der Waals surface area contributed by atoms with Gasteiger partial charge < -0.3 is 11.1 Å². The van der Waals surface area contributed by atoms with Crippen LogP contribution in [0.15, 0.2) is 72.9 Å². The summed E-state index contributed by atoms with van der Waals surface area (Å²) in [5, 5.41) is 3.53. The van der Waals surface area contributed by atoms with Gasteiger partial charge in [-0.2, -0.15) is 0 Å². The van der Waals surface area contributed by atoms with Crippen molar-refractivity contribution >= 4 is 17.6 Å². The molecule has 35 heavy (non-hydrogen) atoms. The molecule has 1 saturated carbocycles. The highest BCUT2D eigenvalue weighted by Gasteiger charge is 2.34. The largest absolute Gasteiger partial charge is 0.338 e. The number of benzene rings is 2. The van der Waals surface area contributed by atoms with E-state index in [1.807, 2.05) is 18.3 Å². The predicted octanol–water partition coefficient (Wildman–Crippen LogP) is 7.06. The second-order valence-electron chi connectivity index (χ2n) is 10.8. The predicted molar refractivity (Wildman–Crippen MR) is 144 cm³/mol. The minimum atomic E-state index is -0.179. The fraction of sp³-hybridized carbons (Fsp3) is 0.267. The van der Waals surface area contributed by atoms with Gasteiger partial charge >= 0.3 is 0 Å². The van der Waals surface area contributed by atoms with Gasteiger partial charge in [0.05, 0.1) is 22.8 Å². The normalized spacial score (nSPS) is 16.0. The molecule has 5 heteroatoms. The third kappa shape index (κ3) is 3.76. The van der Waals surface area contributed by atoms with Crippen LogP contribution in [-0.2, 0) is 5.54 Å². The number of fused-ring (bicyclic) bond motifs is 5. The van der Waals surface area contributed by atoms with Gasteiger partial charge in [-0.05, 0) is 60.6 Å². The van der Waals surface area contributed by atoms with Crippen molar-refractivity contribution in [3.63, 3.8) is 0 Å². The highest BCUT2D eigenvalue weighted by Crippen LogP contribution is 2.43. The molecule has 2 aromatic carbocycles. The van der Waals surface area contributed by atoms with Gasteiger partial charge in [-0.1, -0.05) is 63.2 Å². The molecule has 0 radical (unpaired) electrons. The number of anilines is 2. The van der Waals surface area contributed by atoms with Gasteiger partial charge in [0.25, 0.3) is 0 Å². The molecule has 0 spiro atoms. The van der Waals surface area contributed by atoms with Gasteiger partial charge in [0.15, 0.2) is 5.82 Å².